The van der Waals surface area contributed by atoms with Gasteiger partial charge in [0.05, 0.1) is 18.8 Å². The molecule has 1 unspecified atom stereocenters. The van der Waals surface area contributed by atoms with E-state index in [1.165, 1.54) is 11.0 Å². The molecule has 2 N–H and O–H groups in total. The molecule has 0 saturated carbocycles. The van der Waals surface area contributed by atoms with Gasteiger partial charge in [0.1, 0.15) is 17.3 Å². The third-order valence-corrected chi connectivity index (χ3v) is 5.23. The Labute approximate surface area is 167 Å². The summed E-state index contributed by atoms with van der Waals surface area (Å²) in [4.78, 5) is 15.1. The van der Waals surface area contributed by atoms with E-state index in [-0.39, 0.29) is 6.54 Å². The van der Waals surface area contributed by atoms with E-state index in [0.717, 1.165) is 23.3 Å². The van der Waals surface area contributed by atoms with Crippen molar-refractivity contribution in [1.29, 1.82) is 0 Å². The first kappa shape index (κ1) is 19.1. The number of anilines is 2. The van der Waals surface area contributed by atoms with Gasteiger partial charge < -0.3 is 15.3 Å². The van der Waals surface area contributed by atoms with E-state index < -0.39 is 35.4 Å². The number of aliphatic hydroxyl groups is 1. The van der Waals surface area contributed by atoms with Crippen molar-refractivity contribution in [1.82, 2.24) is 0 Å². The maximum Gasteiger partial charge on any atom is 0.260 e. The van der Waals surface area contributed by atoms with E-state index in [2.05, 4.69) is 5.32 Å². The van der Waals surface area contributed by atoms with Gasteiger partial charge in [-0.15, -0.1) is 0 Å². The molecular formula is C23H20F2N2O2. The van der Waals surface area contributed by atoms with Gasteiger partial charge in [0, 0.05) is 5.56 Å². The van der Waals surface area contributed by atoms with Crippen molar-refractivity contribution in [2.75, 3.05) is 16.8 Å². The monoisotopic (exact) mass is 394 g/mol. The Balaban J connectivity index is 1.84. The van der Waals surface area contributed by atoms with Gasteiger partial charge in [0.2, 0.25) is 0 Å². The zero-order valence-corrected chi connectivity index (χ0v) is 15.8. The maximum absolute atomic E-state index is 14.3. The average Bonchev–Trinajstić information content (AvgIpc) is 2.94. The topological polar surface area (TPSA) is 52.6 Å². The molecule has 4 rings (SSSR count). The van der Waals surface area contributed by atoms with Gasteiger partial charge in [-0.25, -0.2) is 8.78 Å². The molecule has 1 aliphatic rings. The van der Waals surface area contributed by atoms with Crippen molar-refractivity contribution in [3.8, 4) is 0 Å². The first-order valence-corrected chi connectivity index (χ1v) is 9.26. The van der Waals surface area contributed by atoms with Crippen LogP contribution in [0, 0.1) is 18.6 Å². The number of rotatable bonds is 5. The fourth-order valence-corrected chi connectivity index (χ4v) is 3.75. The number of hydrogen-bond donors (Lipinski definition) is 2. The lowest BCUT2D eigenvalue weighted by molar-refractivity contribution is -0.123. The predicted molar refractivity (Wildman–Crippen MR) is 108 cm³/mol. The number of aliphatic hydroxyl groups excluding tert-OH is 1. The van der Waals surface area contributed by atoms with Crippen LogP contribution >= 0.6 is 0 Å². The van der Waals surface area contributed by atoms with E-state index in [4.69, 9.17) is 0 Å². The summed E-state index contributed by atoms with van der Waals surface area (Å²) in [7, 11) is 0. The number of hydrogen-bond acceptors (Lipinski definition) is 3. The van der Waals surface area contributed by atoms with Gasteiger partial charge in [-0.3, -0.25) is 4.79 Å². The summed E-state index contributed by atoms with van der Waals surface area (Å²) in [5.41, 5.74) is 0.735. The number of carbonyl (C=O) groups is 1. The zero-order valence-electron chi connectivity index (χ0n) is 15.8. The van der Waals surface area contributed by atoms with Crippen LogP contribution < -0.4 is 10.2 Å². The highest BCUT2D eigenvalue weighted by Gasteiger charge is 2.51. The Kier molecular flexibility index (Phi) is 4.80. The summed E-state index contributed by atoms with van der Waals surface area (Å²) in [5, 5.41) is 13.0. The first-order chi connectivity index (χ1) is 14.0. The molecule has 0 fully saturated rings. The minimum absolute atomic E-state index is 0.277. The maximum atomic E-state index is 14.3. The van der Waals surface area contributed by atoms with Gasteiger partial charge >= 0.3 is 0 Å². The number of aryl methyl sites for hydroxylation is 1. The van der Waals surface area contributed by atoms with Crippen molar-refractivity contribution in [2.24, 2.45) is 0 Å². The Hall–Kier alpha value is -3.25. The normalized spacial score (nSPS) is 18.1. The second kappa shape index (κ2) is 7.29. The smallest absolute Gasteiger partial charge is 0.260 e. The van der Waals surface area contributed by atoms with E-state index in [1.54, 1.807) is 12.1 Å². The minimum atomic E-state index is -1.68. The van der Waals surface area contributed by atoms with Crippen LogP contribution in [-0.2, 0) is 16.9 Å². The summed E-state index contributed by atoms with van der Waals surface area (Å²) >= 11 is 0. The molecule has 0 spiro atoms. The van der Waals surface area contributed by atoms with Gasteiger partial charge in [-0.05, 0) is 30.7 Å². The molecule has 0 bridgehead atoms. The van der Waals surface area contributed by atoms with Crippen molar-refractivity contribution < 1.29 is 18.7 Å². The second-order valence-electron chi connectivity index (χ2n) is 7.18. The third kappa shape index (κ3) is 3.15. The van der Waals surface area contributed by atoms with Crippen LogP contribution in [-0.4, -0.2) is 17.6 Å². The molecule has 6 heteroatoms. The molecule has 148 valence electrons. The minimum Gasteiger partial charge on any atom is -0.393 e. The molecule has 0 aromatic heterocycles. The summed E-state index contributed by atoms with van der Waals surface area (Å²) < 4.78 is 28.7. The molecular weight excluding hydrogens is 374 g/mol. The molecule has 1 atom stereocenters. The predicted octanol–water partition coefficient (Wildman–Crippen LogP) is 4.12. The van der Waals surface area contributed by atoms with E-state index in [9.17, 15) is 18.7 Å². The average molecular weight is 394 g/mol. The van der Waals surface area contributed by atoms with Gasteiger partial charge in [0.15, 0.2) is 5.54 Å². The van der Waals surface area contributed by atoms with Crippen molar-refractivity contribution >= 4 is 17.3 Å². The fourth-order valence-electron chi connectivity index (χ4n) is 3.75. The molecule has 29 heavy (non-hydrogen) atoms. The van der Waals surface area contributed by atoms with Crippen LogP contribution in [0.2, 0.25) is 0 Å². The summed E-state index contributed by atoms with van der Waals surface area (Å²) in [6.45, 7) is 1.48. The van der Waals surface area contributed by atoms with Gasteiger partial charge in [-0.2, -0.15) is 0 Å². The zero-order chi connectivity index (χ0) is 20.6. The van der Waals surface area contributed by atoms with Crippen LogP contribution in [0.1, 0.15) is 16.7 Å². The summed E-state index contributed by atoms with van der Waals surface area (Å²) in [6, 6.07) is 18.3. The number of nitrogens with one attached hydrogen (secondary N) is 1. The van der Waals surface area contributed by atoms with Crippen LogP contribution in [0.15, 0.2) is 66.7 Å². The van der Waals surface area contributed by atoms with E-state index in [0.29, 0.717) is 11.3 Å². The number of fused-ring (bicyclic) bond motifs is 1. The molecule has 1 heterocycles. The van der Waals surface area contributed by atoms with Crippen LogP contribution in [0.3, 0.4) is 0 Å². The highest BCUT2D eigenvalue weighted by atomic mass is 19.1. The molecule has 0 saturated heterocycles. The van der Waals surface area contributed by atoms with Gasteiger partial charge in [0.25, 0.3) is 5.91 Å². The van der Waals surface area contributed by atoms with Gasteiger partial charge in [-0.1, -0.05) is 54.1 Å². The second-order valence-corrected chi connectivity index (χ2v) is 7.18. The van der Waals surface area contributed by atoms with Crippen molar-refractivity contribution in [2.45, 2.75) is 19.0 Å². The quantitative estimate of drug-likeness (QED) is 0.685. The molecule has 1 aliphatic heterocycles. The van der Waals surface area contributed by atoms with Crippen molar-refractivity contribution in [3.63, 3.8) is 0 Å². The number of benzene rings is 3. The number of nitrogens with zero attached hydrogens (tertiary/aromatic N) is 1. The van der Waals surface area contributed by atoms with E-state index in [1.807, 2.05) is 43.3 Å². The SMILES string of the molecule is Cc1ccc2c(c1)C(CO)(Nc1c(F)cccc1F)C(=O)N2Cc1ccccc1. The summed E-state index contributed by atoms with van der Waals surface area (Å²) in [6.07, 6.45) is 0. The summed E-state index contributed by atoms with van der Waals surface area (Å²) in [5.74, 6) is -2.13. The highest BCUT2D eigenvalue weighted by molar-refractivity contribution is 6.09. The lowest BCUT2D eigenvalue weighted by atomic mass is 9.90. The lowest BCUT2D eigenvalue weighted by Crippen LogP contribution is -2.49. The molecule has 1 amide bonds. The van der Waals surface area contributed by atoms with Crippen molar-refractivity contribution in [3.05, 3.63) is 95.1 Å². The largest absolute Gasteiger partial charge is 0.393 e. The fraction of sp³-hybridized carbons (Fsp3) is 0.174. The lowest BCUT2D eigenvalue weighted by Gasteiger charge is -2.29. The third-order valence-electron chi connectivity index (χ3n) is 5.23. The number of carbonyl (C=O) groups excluding carboxylic acids is 1. The van der Waals surface area contributed by atoms with Crippen LogP contribution in [0.25, 0.3) is 0 Å². The Morgan fingerprint density at radius 3 is 2.34 bits per heavy atom. The molecule has 3 aromatic carbocycles. The standard InChI is InChI=1S/C23H20F2N2O2/c1-15-10-11-20-17(12-15)23(14-28,26-21-18(24)8-5-9-19(21)25)22(29)27(20)13-16-6-3-2-4-7-16/h2-12,26,28H,13-14H2,1H3. The number of para-hydroxylation sites is 1. The molecule has 3 aromatic rings. The molecule has 0 radical (unpaired) electrons. The Morgan fingerprint density at radius 1 is 1.00 bits per heavy atom. The highest BCUT2D eigenvalue weighted by Crippen LogP contribution is 2.44. The van der Waals surface area contributed by atoms with Crippen LogP contribution in [0.4, 0.5) is 20.2 Å². The number of amides is 1. The molecule has 4 nitrogen and oxygen atoms in total. The van der Waals surface area contributed by atoms with E-state index >= 15 is 0 Å². The first-order valence-electron chi connectivity index (χ1n) is 9.26. The Morgan fingerprint density at radius 2 is 1.69 bits per heavy atom. The van der Waals surface area contributed by atoms with Crippen LogP contribution in [0.5, 0.6) is 0 Å². The Bertz CT molecular complexity index is 1050. The number of halogens is 2. The molecule has 0 aliphatic carbocycles.